The molecule has 1 aliphatic heterocycles. The van der Waals surface area contributed by atoms with E-state index < -0.39 is 4.92 Å². The predicted molar refractivity (Wildman–Crippen MR) is 114 cm³/mol. The van der Waals surface area contributed by atoms with Gasteiger partial charge in [-0.2, -0.15) is 0 Å². The molecule has 0 N–H and O–H groups in total. The van der Waals surface area contributed by atoms with Crippen LogP contribution in [0, 0.1) is 10.1 Å². The maximum Gasteiger partial charge on any atom is 0.296 e. The molecule has 29 heavy (non-hydrogen) atoms. The van der Waals surface area contributed by atoms with Crippen molar-refractivity contribution >= 4 is 46.6 Å². The summed E-state index contributed by atoms with van der Waals surface area (Å²) in [6, 6.07) is 9.85. The van der Waals surface area contributed by atoms with Gasteiger partial charge in [0.2, 0.25) is 5.91 Å². The molecule has 1 amide bonds. The first-order valence-corrected chi connectivity index (χ1v) is 9.64. The number of carbonyl (C=O) groups is 1. The molecule has 7 nitrogen and oxygen atoms in total. The Hall–Kier alpha value is -2.77. The van der Waals surface area contributed by atoms with Crippen molar-refractivity contribution in [3.8, 4) is 5.75 Å². The van der Waals surface area contributed by atoms with E-state index in [9.17, 15) is 14.9 Å². The fraction of sp³-hybridized carbons (Fsp3) is 0.250. The first-order chi connectivity index (χ1) is 13.9. The van der Waals surface area contributed by atoms with Crippen molar-refractivity contribution in [3.05, 3.63) is 68.2 Å². The molecule has 1 heterocycles. The minimum Gasteiger partial charge on any atom is -0.496 e. The molecule has 1 fully saturated rings. The van der Waals surface area contributed by atoms with Gasteiger partial charge in [0, 0.05) is 42.3 Å². The number of ether oxygens (including phenoxy) is 1. The average Bonchev–Trinajstić information content (AvgIpc) is 2.72. The lowest BCUT2D eigenvalue weighted by atomic mass is 10.2. The largest absolute Gasteiger partial charge is 0.496 e. The molecule has 0 atom stereocenters. The molecule has 3 rings (SSSR count). The number of rotatable bonds is 5. The number of hydrogen-bond donors (Lipinski definition) is 0. The number of nitro benzene ring substituents is 1. The summed E-state index contributed by atoms with van der Waals surface area (Å²) in [6.07, 6.45) is 3.13. The fourth-order valence-corrected chi connectivity index (χ4v) is 3.59. The van der Waals surface area contributed by atoms with Crippen LogP contribution in [0.25, 0.3) is 6.08 Å². The second-order valence-electron chi connectivity index (χ2n) is 6.42. The van der Waals surface area contributed by atoms with E-state index in [1.54, 1.807) is 41.3 Å². The fourth-order valence-electron chi connectivity index (χ4n) is 3.11. The maximum absolute atomic E-state index is 12.5. The van der Waals surface area contributed by atoms with Crippen LogP contribution in [-0.2, 0) is 4.79 Å². The third kappa shape index (κ3) is 4.99. The van der Waals surface area contributed by atoms with E-state index in [4.69, 9.17) is 27.9 Å². The summed E-state index contributed by atoms with van der Waals surface area (Å²) in [6.45, 7) is 1.91. The smallest absolute Gasteiger partial charge is 0.296 e. The van der Waals surface area contributed by atoms with Crippen molar-refractivity contribution < 1.29 is 14.5 Å². The number of carbonyl (C=O) groups excluding carboxylic acids is 1. The lowest BCUT2D eigenvalue weighted by Crippen LogP contribution is -2.48. The maximum atomic E-state index is 12.5. The molecule has 1 aliphatic rings. The second-order valence-corrected chi connectivity index (χ2v) is 7.27. The topological polar surface area (TPSA) is 75.9 Å². The third-order valence-electron chi connectivity index (χ3n) is 4.68. The van der Waals surface area contributed by atoms with Crippen LogP contribution in [0.5, 0.6) is 5.75 Å². The van der Waals surface area contributed by atoms with Gasteiger partial charge in [-0.15, -0.1) is 0 Å². The molecule has 1 saturated heterocycles. The van der Waals surface area contributed by atoms with Gasteiger partial charge >= 0.3 is 0 Å². The van der Waals surface area contributed by atoms with Gasteiger partial charge in [-0.25, -0.2) is 0 Å². The summed E-state index contributed by atoms with van der Waals surface area (Å²) in [5.41, 5.74) is 1.21. The van der Waals surface area contributed by atoms with Crippen LogP contribution < -0.4 is 9.64 Å². The zero-order chi connectivity index (χ0) is 21.0. The van der Waals surface area contributed by atoms with E-state index >= 15 is 0 Å². The molecule has 9 heteroatoms. The Labute approximate surface area is 178 Å². The van der Waals surface area contributed by atoms with Gasteiger partial charge in [0.25, 0.3) is 5.69 Å². The lowest BCUT2D eigenvalue weighted by Gasteiger charge is -2.35. The van der Waals surface area contributed by atoms with Crippen molar-refractivity contribution in [1.82, 2.24) is 4.90 Å². The van der Waals surface area contributed by atoms with Crippen molar-refractivity contribution in [3.63, 3.8) is 0 Å². The van der Waals surface area contributed by atoms with E-state index in [1.807, 2.05) is 4.90 Å². The van der Waals surface area contributed by atoms with Gasteiger partial charge in [0.15, 0.2) is 0 Å². The molecule has 2 aromatic rings. The lowest BCUT2D eigenvalue weighted by molar-refractivity contribution is -0.384. The van der Waals surface area contributed by atoms with Crippen LogP contribution in [0.1, 0.15) is 5.56 Å². The first kappa shape index (κ1) is 21.0. The Kier molecular flexibility index (Phi) is 6.61. The van der Waals surface area contributed by atoms with Crippen LogP contribution in [0.15, 0.2) is 42.5 Å². The molecule has 0 bridgehead atoms. The third-order valence-corrected chi connectivity index (χ3v) is 5.24. The first-order valence-electron chi connectivity index (χ1n) is 8.88. The quantitative estimate of drug-likeness (QED) is 0.398. The Morgan fingerprint density at radius 3 is 2.48 bits per heavy atom. The Balaban J connectivity index is 1.65. The molecule has 0 unspecified atom stereocenters. The van der Waals surface area contributed by atoms with Crippen LogP contribution in [0.2, 0.25) is 10.0 Å². The van der Waals surface area contributed by atoms with E-state index in [-0.39, 0.29) is 11.6 Å². The van der Waals surface area contributed by atoms with Gasteiger partial charge in [-0.05, 0) is 35.9 Å². The van der Waals surface area contributed by atoms with E-state index in [0.717, 1.165) is 0 Å². The molecule has 0 saturated carbocycles. The molecule has 0 aromatic heterocycles. The molecule has 2 aromatic carbocycles. The summed E-state index contributed by atoms with van der Waals surface area (Å²) < 4.78 is 5.07. The number of piperazine rings is 1. The second kappa shape index (κ2) is 9.15. The van der Waals surface area contributed by atoms with Crippen molar-refractivity contribution in [1.29, 1.82) is 0 Å². The molecule has 0 aliphatic carbocycles. The number of methoxy groups -OCH3 is 1. The molecular formula is C20H19Cl2N3O4. The minimum absolute atomic E-state index is 0.0126. The molecular weight excluding hydrogens is 417 g/mol. The van der Waals surface area contributed by atoms with Gasteiger partial charge < -0.3 is 14.5 Å². The average molecular weight is 436 g/mol. The van der Waals surface area contributed by atoms with Crippen molar-refractivity contribution in [2.24, 2.45) is 0 Å². The molecule has 0 spiro atoms. The standard InChI is InChI=1S/C20H19Cl2N3O4/c1-29-16-5-6-18(19(13-16)25(27)28)23-8-10-24(11-9-23)20(26)7-3-14-2-4-15(21)12-17(14)22/h2-7,12-13H,8-11H2,1H3/b7-3+. The Morgan fingerprint density at radius 2 is 1.86 bits per heavy atom. The number of amides is 1. The summed E-state index contributed by atoms with van der Waals surface area (Å²) in [7, 11) is 1.47. The minimum atomic E-state index is -0.423. The Bertz CT molecular complexity index is 957. The number of hydrogen-bond acceptors (Lipinski definition) is 5. The Morgan fingerprint density at radius 1 is 1.14 bits per heavy atom. The van der Waals surface area contributed by atoms with Crippen LogP contribution in [-0.4, -0.2) is 49.0 Å². The van der Waals surface area contributed by atoms with Gasteiger partial charge in [-0.1, -0.05) is 29.3 Å². The number of nitrogens with zero attached hydrogens (tertiary/aromatic N) is 3. The highest BCUT2D eigenvalue weighted by Gasteiger charge is 2.25. The summed E-state index contributed by atoms with van der Waals surface area (Å²) in [5, 5.41) is 12.4. The molecule has 152 valence electrons. The predicted octanol–water partition coefficient (Wildman–Crippen LogP) is 4.27. The summed E-state index contributed by atoms with van der Waals surface area (Å²) >= 11 is 12.0. The van der Waals surface area contributed by atoms with Crippen molar-refractivity contribution in [2.45, 2.75) is 0 Å². The number of benzene rings is 2. The van der Waals surface area contributed by atoms with E-state index in [2.05, 4.69) is 0 Å². The SMILES string of the molecule is COc1ccc(N2CCN(C(=O)/C=C/c3ccc(Cl)cc3Cl)CC2)c([N+](=O)[O-])c1. The summed E-state index contributed by atoms with van der Waals surface area (Å²) in [5.74, 6) is 0.292. The zero-order valence-electron chi connectivity index (χ0n) is 15.7. The highest BCUT2D eigenvalue weighted by atomic mass is 35.5. The van der Waals surface area contributed by atoms with E-state index in [0.29, 0.717) is 53.2 Å². The van der Waals surface area contributed by atoms with Crippen LogP contribution in [0.4, 0.5) is 11.4 Å². The number of anilines is 1. The normalized spacial score (nSPS) is 14.3. The zero-order valence-corrected chi connectivity index (χ0v) is 17.2. The highest BCUT2D eigenvalue weighted by molar-refractivity contribution is 6.35. The van der Waals surface area contributed by atoms with Crippen LogP contribution >= 0.6 is 23.2 Å². The number of halogens is 2. The van der Waals surface area contributed by atoms with Gasteiger partial charge in [0.05, 0.1) is 18.1 Å². The number of nitro groups is 1. The summed E-state index contributed by atoms with van der Waals surface area (Å²) in [4.78, 5) is 27.1. The van der Waals surface area contributed by atoms with Gasteiger partial charge in [-0.3, -0.25) is 14.9 Å². The highest BCUT2D eigenvalue weighted by Crippen LogP contribution is 2.32. The monoisotopic (exact) mass is 435 g/mol. The van der Waals surface area contributed by atoms with E-state index in [1.165, 1.54) is 19.3 Å². The van der Waals surface area contributed by atoms with Crippen molar-refractivity contribution in [2.75, 3.05) is 38.2 Å². The molecule has 0 radical (unpaired) electrons. The van der Waals surface area contributed by atoms with Gasteiger partial charge in [0.1, 0.15) is 11.4 Å². The van der Waals surface area contributed by atoms with Crippen LogP contribution in [0.3, 0.4) is 0 Å².